The van der Waals surface area contributed by atoms with Crippen LogP contribution in [-0.2, 0) is 4.79 Å². The summed E-state index contributed by atoms with van der Waals surface area (Å²) in [7, 11) is 1.58. The van der Waals surface area contributed by atoms with Crippen LogP contribution in [0.15, 0.2) is 42.6 Å². The van der Waals surface area contributed by atoms with Crippen molar-refractivity contribution in [2.75, 3.05) is 12.4 Å². The zero-order valence-corrected chi connectivity index (χ0v) is 15.2. The lowest BCUT2D eigenvalue weighted by Crippen LogP contribution is -2.06. The first kappa shape index (κ1) is 19.5. The minimum absolute atomic E-state index is 0.113. The van der Waals surface area contributed by atoms with Crippen molar-refractivity contribution in [2.24, 2.45) is 0 Å². The van der Waals surface area contributed by atoms with E-state index in [4.69, 9.17) is 16.7 Å². The van der Waals surface area contributed by atoms with Crippen LogP contribution >= 0.6 is 11.6 Å². The van der Waals surface area contributed by atoms with E-state index < -0.39 is 12.6 Å². The fraction of sp³-hybridized carbons (Fsp3) is 0.105. The summed E-state index contributed by atoms with van der Waals surface area (Å²) in [6.07, 6.45) is 3.49. The first-order valence-electron chi connectivity index (χ1n) is 8.02. The van der Waals surface area contributed by atoms with Crippen molar-refractivity contribution in [3.8, 4) is 16.9 Å². The molecule has 6 nitrogen and oxygen atoms in total. The first-order valence-corrected chi connectivity index (χ1v) is 8.40. The standard InChI is InChI=1S/C19H14ClF2N3O3/c1-23-19-24-9-14-13(10-3-2-4-12(20)7-10)8-11(5-6-15(26)27)17(16(14)25-19)28-18(21)22/h2-9,18H,1H3,(H,26,27)(H,23,24,25). The molecule has 2 N–H and O–H groups in total. The third kappa shape index (κ3) is 4.17. The lowest BCUT2D eigenvalue weighted by atomic mass is 9.97. The maximum absolute atomic E-state index is 13.0. The highest BCUT2D eigenvalue weighted by Crippen LogP contribution is 2.38. The zero-order chi connectivity index (χ0) is 20.3. The van der Waals surface area contributed by atoms with Gasteiger partial charge in [-0.3, -0.25) is 0 Å². The Labute approximate surface area is 163 Å². The Hall–Kier alpha value is -3.26. The highest BCUT2D eigenvalue weighted by Gasteiger charge is 2.19. The number of nitrogens with zero attached hydrogens (tertiary/aromatic N) is 2. The van der Waals surface area contributed by atoms with Gasteiger partial charge in [0.1, 0.15) is 5.52 Å². The lowest BCUT2D eigenvalue weighted by molar-refractivity contribution is -0.131. The second-order valence-electron chi connectivity index (χ2n) is 5.61. The largest absolute Gasteiger partial charge is 0.478 e. The van der Waals surface area contributed by atoms with E-state index in [1.165, 1.54) is 18.3 Å². The number of carbonyl (C=O) groups is 1. The molecule has 0 unspecified atom stereocenters. The molecule has 0 amide bonds. The van der Waals surface area contributed by atoms with Gasteiger partial charge in [0, 0.05) is 35.3 Å². The molecular formula is C19H14ClF2N3O3. The number of aromatic nitrogens is 2. The van der Waals surface area contributed by atoms with Crippen molar-refractivity contribution < 1.29 is 23.4 Å². The number of nitrogens with one attached hydrogen (secondary N) is 1. The van der Waals surface area contributed by atoms with Crippen molar-refractivity contribution in [3.05, 3.63) is 53.2 Å². The number of carboxylic acid groups (broad SMARTS) is 1. The molecule has 0 saturated carbocycles. The van der Waals surface area contributed by atoms with Crippen LogP contribution in [0.2, 0.25) is 5.02 Å². The average molecular weight is 406 g/mol. The van der Waals surface area contributed by atoms with Crippen molar-refractivity contribution >= 4 is 40.5 Å². The molecular weight excluding hydrogens is 392 g/mol. The van der Waals surface area contributed by atoms with Crippen LogP contribution in [0.5, 0.6) is 5.75 Å². The molecule has 9 heteroatoms. The normalized spacial score (nSPS) is 11.3. The highest BCUT2D eigenvalue weighted by atomic mass is 35.5. The summed E-state index contributed by atoms with van der Waals surface area (Å²) in [5, 5.41) is 12.6. The number of aliphatic carboxylic acids is 1. The maximum atomic E-state index is 13.0. The van der Waals surface area contributed by atoms with E-state index in [0.29, 0.717) is 21.5 Å². The average Bonchev–Trinajstić information content (AvgIpc) is 2.66. The van der Waals surface area contributed by atoms with Crippen LogP contribution in [0.25, 0.3) is 28.1 Å². The van der Waals surface area contributed by atoms with Gasteiger partial charge in [-0.1, -0.05) is 23.7 Å². The minimum Gasteiger partial charge on any atom is -0.478 e. The quantitative estimate of drug-likeness (QED) is 0.579. The van der Waals surface area contributed by atoms with Gasteiger partial charge >= 0.3 is 12.6 Å². The van der Waals surface area contributed by atoms with Gasteiger partial charge < -0.3 is 15.2 Å². The molecule has 0 bridgehead atoms. The zero-order valence-electron chi connectivity index (χ0n) is 14.5. The molecule has 0 aliphatic carbocycles. The number of alkyl halides is 2. The second-order valence-corrected chi connectivity index (χ2v) is 6.05. The monoisotopic (exact) mass is 405 g/mol. The number of rotatable bonds is 6. The third-order valence-corrected chi connectivity index (χ3v) is 4.06. The number of fused-ring (bicyclic) bond motifs is 1. The van der Waals surface area contributed by atoms with E-state index in [1.54, 1.807) is 31.3 Å². The number of hydrogen-bond donors (Lipinski definition) is 2. The lowest BCUT2D eigenvalue weighted by Gasteiger charge is -2.15. The molecule has 0 atom stereocenters. The predicted octanol–water partition coefficient (Wildman–Crippen LogP) is 4.69. The summed E-state index contributed by atoms with van der Waals surface area (Å²) in [6, 6.07) is 8.45. The number of carboxylic acids is 1. The van der Waals surface area contributed by atoms with E-state index in [2.05, 4.69) is 20.0 Å². The molecule has 0 aliphatic heterocycles. The predicted molar refractivity (Wildman–Crippen MR) is 103 cm³/mol. The van der Waals surface area contributed by atoms with Gasteiger partial charge in [-0.25, -0.2) is 14.8 Å². The van der Waals surface area contributed by atoms with Crippen molar-refractivity contribution in [1.29, 1.82) is 0 Å². The van der Waals surface area contributed by atoms with Crippen LogP contribution in [0.1, 0.15) is 5.56 Å². The smallest absolute Gasteiger partial charge is 0.387 e. The number of hydrogen-bond acceptors (Lipinski definition) is 5. The van der Waals surface area contributed by atoms with Gasteiger partial charge in [0.2, 0.25) is 5.95 Å². The van der Waals surface area contributed by atoms with Gasteiger partial charge in [-0.05, 0) is 35.4 Å². The van der Waals surface area contributed by atoms with E-state index in [1.807, 2.05) is 0 Å². The van der Waals surface area contributed by atoms with Crippen molar-refractivity contribution in [2.45, 2.75) is 6.61 Å². The fourth-order valence-corrected chi connectivity index (χ4v) is 2.89. The van der Waals surface area contributed by atoms with Crippen molar-refractivity contribution in [1.82, 2.24) is 9.97 Å². The number of anilines is 1. The summed E-state index contributed by atoms with van der Waals surface area (Å²) in [5.41, 5.74) is 1.52. The Balaban J connectivity index is 2.38. The van der Waals surface area contributed by atoms with Gasteiger partial charge in [-0.15, -0.1) is 0 Å². The topological polar surface area (TPSA) is 84.3 Å². The number of benzene rings is 2. The van der Waals surface area contributed by atoms with E-state index in [0.717, 1.165) is 6.08 Å². The maximum Gasteiger partial charge on any atom is 0.387 e. The summed E-state index contributed by atoms with van der Waals surface area (Å²) in [6.45, 7) is -3.12. The van der Waals surface area contributed by atoms with Crippen molar-refractivity contribution in [3.63, 3.8) is 0 Å². The van der Waals surface area contributed by atoms with Crippen LogP contribution in [0.4, 0.5) is 14.7 Å². The number of halogens is 3. The molecule has 3 aromatic rings. The molecule has 2 aromatic carbocycles. The molecule has 0 spiro atoms. The van der Waals surface area contributed by atoms with Crippen LogP contribution in [0, 0.1) is 0 Å². The molecule has 0 aliphatic rings. The summed E-state index contributed by atoms with van der Waals surface area (Å²) in [5.74, 6) is -1.28. The van der Waals surface area contributed by atoms with Crippen LogP contribution in [0.3, 0.4) is 0 Å². The molecule has 1 heterocycles. The Morgan fingerprint density at radius 3 is 2.79 bits per heavy atom. The van der Waals surface area contributed by atoms with Gasteiger partial charge in [0.15, 0.2) is 5.75 Å². The van der Waals surface area contributed by atoms with E-state index in [-0.39, 0.29) is 22.8 Å². The van der Waals surface area contributed by atoms with Gasteiger partial charge in [0.05, 0.1) is 0 Å². The summed E-state index contributed by atoms with van der Waals surface area (Å²) in [4.78, 5) is 19.3. The molecule has 0 fully saturated rings. The first-order chi connectivity index (χ1) is 13.4. The Morgan fingerprint density at radius 1 is 1.36 bits per heavy atom. The Kier molecular flexibility index (Phi) is 5.70. The highest BCUT2D eigenvalue weighted by molar-refractivity contribution is 6.31. The van der Waals surface area contributed by atoms with E-state index >= 15 is 0 Å². The third-order valence-electron chi connectivity index (χ3n) is 3.83. The SMILES string of the molecule is CNc1ncc2c(-c3cccc(Cl)c3)cc(C=CC(=O)O)c(OC(F)F)c2n1. The molecule has 1 aromatic heterocycles. The molecule has 28 heavy (non-hydrogen) atoms. The van der Waals surface area contributed by atoms with Crippen LogP contribution in [-0.4, -0.2) is 34.7 Å². The van der Waals surface area contributed by atoms with Crippen LogP contribution < -0.4 is 10.1 Å². The molecule has 144 valence electrons. The second kappa shape index (κ2) is 8.18. The fourth-order valence-electron chi connectivity index (χ4n) is 2.70. The summed E-state index contributed by atoms with van der Waals surface area (Å²) < 4.78 is 30.8. The van der Waals surface area contributed by atoms with Gasteiger partial charge in [0.25, 0.3) is 0 Å². The summed E-state index contributed by atoms with van der Waals surface area (Å²) >= 11 is 6.08. The van der Waals surface area contributed by atoms with E-state index in [9.17, 15) is 13.6 Å². The Bertz CT molecular complexity index is 1070. The minimum atomic E-state index is -3.12. The number of ether oxygens (including phenoxy) is 1. The molecule has 0 radical (unpaired) electrons. The molecule has 0 saturated heterocycles. The Morgan fingerprint density at radius 2 is 2.14 bits per heavy atom. The van der Waals surface area contributed by atoms with Gasteiger partial charge in [-0.2, -0.15) is 8.78 Å². The molecule has 3 rings (SSSR count).